The molecule has 1 aliphatic heterocycles. The van der Waals surface area contributed by atoms with Crippen LogP contribution in [0.25, 0.3) is 6.08 Å². The number of benzene rings is 1. The molecule has 5 nitrogen and oxygen atoms in total. The van der Waals surface area contributed by atoms with Gasteiger partial charge in [-0.3, -0.25) is 0 Å². The Morgan fingerprint density at radius 3 is 2.86 bits per heavy atom. The average Bonchev–Trinajstić information content (AvgIpc) is 2.51. The molecule has 0 spiro atoms. The van der Waals surface area contributed by atoms with Gasteiger partial charge in [-0.1, -0.05) is 12.1 Å². The molecule has 0 aromatic heterocycles. The fourth-order valence-corrected chi connectivity index (χ4v) is 2.55. The minimum atomic E-state index is 0.195. The van der Waals surface area contributed by atoms with Gasteiger partial charge in [-0.15, -0.1) is 0 Å². The van der Waals surface area contributed by atoms with E-state index in [0.717, 1.165) is 32.7 Å². The van der Waals surface area contributed by atoms with Gasteiger partial charge < -0.3 is 25.5 Å². The quantitative estimate of drug-likeness (QED) is 0.595. The van der Waals surface area contributed by atoms with Crippen LogP contribution in [-0.4, -0.2) is 68.3 Å². The number of nitrogens with one attached hydrogen (secondary N) is 2. The van der Waals surface area contributed by atoms with Crippen molar-refractivity contribution in [1.29, 1.82) is 0 Å². The van der Waals surface area contributed by atoms with Crippen molar-refractivity contribution in [3.63, 3.8) is 0 Å². The second-order valence-electron chi connectivity index (χ2n) is 5.87. The molecule has 0 saturated carbocycles. The molecule has 3 N–H and O–H groups in total. The van der Waals surface area contributed by atoms with Gasteiger partial charge >= 0.3 is 0 Å². The predicted octanol–water partition coefficient (Wildman–Crippen LogP) is 1.03. The van der Waals surface area contributed by atoms with Crippen LogP contribution in [0.1, 0.15) is 11.1 Å². The molecule has 0 saturated heterocycles. The maximum atomic E-state index is 8.77. The van der Waals surface area contributed by atoms with Gasteiger partial charge in [0.2, 0.25) is 0 Å². The summed E-state index contributed by atoms with van der Waals surface area (Å²) < 4.78 is 0. The van der Waals surface area contributed by atoms with Crippen LogP contribution in [0.3, 0.4) is 0 Å². The second kappa shape index (κ2) is 8.78. The van der Waals surface area contributed by atoms with E-state index in [1.165, 1.54) is 16.8 Å². The maximum Gasteiger partial charge on any atom is 0.0555 e. The molecule has 5 heteroatoms. The summed E-state index contributed by atoms with van der Waals surface area (Å²) in [6, 6.07) is 6.47. The number of aliphatic hydroxyl groups excluding tert-OH is 1. The van der Waals surface area contributed by atoms with Gasteiger partial charge in [-0.05, 0) is 31.8 Å². The summed E-state index contributed by atoms with van der Waals surface area (Å²) >= 11 is 0. The van der Waals surface area contributed by atoms with Crippen LogP contribution >= 0.6 is 0 Å². The van der Waals surface area contributed by atoms with E-state index < -0.39 is 0 Å². The molecule has 0 fully saturated rings. The zero-order valence-corrected chi connectivity index (χ0v) is 13.7. The molecular formula is C17H28N4O. The molecule has 122 valence electrons. The van der Waals surface area contributed by atoms with E-state index in [2.05, 4.69) is 65.0 Å². The van der Waals surface area contributed by atoms with Crippen molar-refractivity contribution in [2.75, 3.05) is 58.7 Å². The largest absolute Gasteiger partial charge is 0.395 e. The highest BCUT2D eigenvalue weighted by atomic mass is 16.3. The zero-order chi connectivity index (χ0) is 15.8. The number of rotatable bonds is 9. The van der Waals surface area contributed by atoms with Crippen LogP contribution in [0.15, 0.2) is 24.4 Å². The minimum absolute atomic E-state index is 0.195. The lowest BCUT2D eigenvalue weighted by molar-refractivity contribution is 0.286. The highest BCUT2D eigenvalue weighted by Gasteiger charge is 2.13. The van der Waals surface area contributed by atoms with Crippen molar-refractivity contribution < 1.29 is 5.11 Å². The Labute approximate surface area is 133 Å². The molecule has 1 aliphatic rings. The Morgan fingerprint density at radius 2 is 2.09 bits per heavy atom. The highest BCUT2D eigenvalue weighted by Crippen LogP contribution is 2.26. The first-order valence-corrected chi connectivity index (χ1v) is 7.95. The number of likely N-dealkylation sites (N-methyl/N-ethyl adjacent to an activating group) is 1. The number of nitrogens with zero attached hydrogens (tertiary/aromatic N) is 2. The third-order valence-electron chi connectivity index (χ3n) is 3.76. The molecule has 2 rings (SSSR count). The van der Waals surface area contributed by atoms with Gasteiger partial charge in [0, 0.05) is 56.7 Å². The van der Waals surface area contributed by atoms with Crippen LogP contribution in [0.5, 0.6) is 0 Å². The fraction of sp³-hybridized carbons (Fsp3) is 0.529. The Morgan fingerprint density at radius 1 is 1.23 bits per heavy atom. The lowest BCUT2D eigenvalue weighted by Gasteiger charge is -2.27. The molecule has 1 aromatic rings. The summed E-state index contributed by atoms with van der Waals surface area (Å²) in [5.41, 5.74) is 3.88. The van der Waals surface area contributed by atoms with Crippen molar-refractivity contribution >= 4 is 11.8 Å². The standard InChI is InChI=1S/C17H28N4O/c1-20(2)11-8-19-17-5-3-4-15-14-21(10-6-16(15)17)12-7-18-9-13-22/h3-6,10,18-19,22H,7-9,11-14H2,1-2H3. The first kappa shape index (κ1) is 16.8. The van der Waals surface area contributed by atoms with Crippen molar-refractivity contribution in [3.05, 3.63) is 35.5 Å². The molecule has 0 aliphatic carbocycles. The summed E-state index contributed by atoms with van der Waals surface area (Å²) in [4.78, 5) is 4.48. The monoisotopic (exact) mass is 304 g/mol. The van der Waals surface area contributed by atoms with Crippen molar-refractivity contribution in [3.8, 4) is 0 Å². The van der Waals surface area contributed by atoms with Crippen LogP contribution in [0.2, 0.25) is 0 Å². The third kappa shape index (κ3) is 5.02. The Hall–Kier alpha value is -1.56. The van der Waals surface area contributed by atoms with Crippen molar-refractivity contribution in [2.45, 2.75) is 6.54 Å². The summed E-state index contributed by atoms with van der Waals surface area (Å²) in [7, 11) is 4.18. The highest BCUT2D eigenvalue weighted by molar-refractivity contribution is 5.70. The van der Waals surface area contributed by atoms with Crippen LogP contribution < -0.4 is 10.6 Å². The molecule has 0 unspecified atom stereocenters. The lowest BCUT2D eigenvalue weighted by Crippen LogP contribution is -2.31. The Kier molecular flexibility index (Phi) is 6.71. The molecule has 0 radical (unpaired) electrons. The predicted molar refractivity (Wildman–Crippen MR) is 92.9 cm³/mol. The van der Waals surface area contributed by atoms with Gasteiger partial charge in [0.15, 0.2) is 0 Å². The van der Waals surface area contributed by atoms with Crippen molar-refractivity contribution in [2.24, 2.45) is 0 Å². The lowest BCUT2D eigenvalue weighted by atomic mass is 10.0. The zero-order valence-electron chi connectivity index (χ0n) is 13.7. The normalized spacial score (nSPS) is 13.5. The summed E-state index contributed by atoms with van der Waals surface area (Å²) in [5, 5.41) is 15.5. The van der Waals surface area contributed by atoms with E-state index in [0.29, 0.717) is 6.54 Å². The summed E-state index contributed by atoms with van der Waals surface area (Å²) in [5.74, 6) is 0. The molecule has 0 bridgehead atoms. The SMILES string of the molecule is CN(C)CCNc1cccc2c1C=CN(CCNCCO)C2. The topological polar surface area (TPSA) is 50.8 Å². The third-order valence-corrected chi connectivity index (χ3v) is 3.76. The Balaban J connectivity index is 1.90. The van der Waals surface area contributed by atoms with Crippen molar-refractivity contribution in [1.82, 2.24) is 15.1 Å². The second-order valence-corrected chi connectivity index (χ2v) is 5.87. The van der Waals surface area contributed by atoms with E-state index >= 15 is 0 Å². The van der Waals surface area contributed by atoms with E-state index in [9.17, 15) is 0 Å². The number of hydrogen-bond donors (Lipinski definition) is 3. The van der Waals surface area contributed by atoms with Gasteiger partial charge in [-0.2, -0.15) is 0 Å². The minimum Gasteiger partial charge on any atom is -0.395 e. The Bertz CT molecular complexity index is 488. The molecular weight excluding hydrogens is 276 g/mol. The average molecular weight is 304 g/mol. The van der Waals surface area contributed by atoms with E-state index in [4.69, 9.17) is 5.11 Å². The van der Waals surface area contributed by atoms with E-state index in [1.807, 2.05) is 0 Å². The molecule has 0 atom stereocenters. The fourth-order valence-electron chi connectivity index (χ4n) is 2.55. The molecule has 1 heterocycles. The molecule has 0 amide bonds. The summed E-state index contributed by atoms with van der Waals surface area (Å²) in [6.07, 6.45) is 4.36. The van der Waals surface area contributed by atoms with Gasteiger partial charge in [0.1, 0.15) is 0 Å². The van der Waals surface area contributed by atoms with Gasteiger partial charge in [-0.25, -0.2) is 0 Å². The first-order chi connectivity index (χ1) is 10.7. The van der Waals surface area contributed by atoms with Crippen LogP contribution in [-0.2, 0) is 6.54 Å². The number of fused-ring (bicyclic) bond motifs is 1. The van der Waals surface area contributed by atoms with E-state index in [-0.39, 0.29) is 6.61 Å². The number of anilines is 1. The summed E-state index contributed by atoms with van der Waals surface area (Å²) in [6.45, 7) is 5.61. The van der Waals surface area contributed by atoms with Crippen LogP contribution in [0, 0.1) is 0 Å². The van der Waals surface area contributed by atoms with Gasteiger partial charge in [0.05, 0.1) is 6.61 Å². The number of aliphatic hydroxyl groups is 1. The number of hydrogen-bond acceptors (Lipinski definition) is 5. The smallest absolute Gasteiger partial charge is 0.0555 e. The van der Waals surface area contributed by atoms with Crippen LogP contribution in [0.4, 0.5) is 5.69 Å². The van der Waals surface area contributed by atoms with Gasteiger partial charge in [0.25, 0.3) is 0 Å². The first-order valence-electron chi connectivity index (χ1n) is 7.95. The van der Waals surface area contributed by atoms with E-state index in [1.54, 1.807) is 0 Å². The maximum absolute atomic E-state index is 8.77. The molecule has 1 aromatic carbocycles. The molecule has 22 heavy (non-hydrogen) atoms.